The summed E-state index contributed by atoms with van der Waals surface area (Å²) in [6, 6.07) is 4.57. The van der Waals surface area contributed by atoms with Crippen molar-refractivity contribution in [1.82, 2.24) is 9.29 Å². The Morgan fingerprint density at radius 1 is 1.47 bits per heavy atom. The summed E-state index contributed by atoms with van der Waals surface area (Å²) in [4.78, 5) is 14.6. The number of aromatic nitrogens is 1. The van der Waals surface area contributed by atoms with Crippen LogP contribution >= 0.6 is 0 Å². The fourth-order valence-corrected chi connectivity index (χ4v) is 3.53. The molecule has 1 aliphatic heterocycles. The number of hydrogen-bond donors (Lipinski definition) is 0. The highest BCUT2D eigenvalue weighted by Crippen LogP contribution is 2.22. The van der Waals surface area contributed by atoms with E-state index in [2.05, 4.69) is 4.98 Å². The third-order valence-corrected chi connectivity index (χ3v) is 4.95. The average molecular weight is 279 g/mol. The van der Waals surface area contributed by atoms with Crippen molar-refractivity contribution in [3.05, 3.63) is 24.0 Å². The molecule has 0 N–H and O–H groups in total. The van der Waals surface area contributed by atoms with Gasteiger partial charge in [-0.3, -0.25) is 0 Å². The van der Waals surface area contributed by atoms with Gasteiger partial charge in [-0.15, -0.1) is 0 Å². The summed E-state index contributed by atoms with van der Waals surface area (Å²) < 4.78 is 26.0. The molecule has 1 aromatic rings. The lowest BCUT2D eigenvalue weighted by molar-refractivity contribution is -0.112. The Morgan fingerprint density at radius 2 is 2.26 bits per heavy atom. The van der Waals surface area contributed by atoms with E-state index in [1.807, 2.05) is 6.07 Å². The monoisotopic (exact) mass is 279 g/mol. The molecule has 1 atom stereocenters. The van der Waals surface area contributed by atoms with Crippen LogP contribution in [0.5, 0.6) is 0 Å². The molecule has 1 fully saturated rings. The summed E-state index contributed by atoms with van der Waals surface area (Å²) in [5.41, 5.74) is 0.170. The molecule has 1 saturated heterocycles. The molecule has 7 heteroatoms. The maximum atomic E-state index is 12.3. The van der Waals surface area contributed by atoms with Gasteiger partial charge in [0.05, 0.1) is 0 Å². The van der Waals surface area contributed by atoms with E-state index in [4.69, 9.17) is 5.26 Å². The van der Waals surface area contributed by atoms with Crippen molar-refractivity contribution in [1.29, 1.82) is 5.26 Å². The second kappa shape index (κ2) is 5.47. The van der Waals surface area contributed by atoms with E-state index in [-0.39, 0.29) is 23.1 Å². The molecule has 0 bridgehead atoms. The topological polar surface area (TPSA) is 91.1 Å². The first-order chi connectivity index (χ1) is 9.07. The molecule has 0 amide bonds. The van der Waals surface area contributed by atoms with Crippen LogP contribution in [-0.4, -0.2) is 37.1 Å². The molecule has 0 spiro atoms. The Hall–Kier alpha value is -1.78. The van der Waals surface area contributed by atoms with Crippen molar-refractivity contribution >= 4 is 16.3 Å². The van der Waals surface area contributed by atoms with E-state index in [1.54, 1.807) is 0 Å². The van der Waals surface area contributed by atoms with E-state index in [9.17, 15) is 13.2 Å². The van der Waals surface area contributed by atoms with Crippen molar-refractivity contribution in [2.24, 2.45) is 5.92 Å². The molecule has 19 heavy (non-hydrogen) atoms. The smallest absolute Gasteiger partial charge is 0.244 e. The minimum atomic E-state index is -3.63. The van der Waals surface area contributed by atoms with Gasteiger partial charge in [0.25, 0.3) is 0 Å². The van der Waals surface area contributed by atoms with Gasteiger partial charge in [-0.05, 0) is 25.0 Å². The molecule has 100 valence electrons. The zero-order valence-corrected chi connectivity index (χ0v) is 11.0. The molecule has 0 radical (unpaired) electrons. The number of carbonyl (C=O) groups is 1. The lowest BCUT2D eigenvalue weighted by Crippen LogP contribution is -2.40. The zero-order valence-electron chi connectivity index (χ0n) is 10.2. The summed E-state index contributed by atoms with van der Waals surface area (Å²) in [5.74, 6) is -0.241. The lowest BCUT2D eigenvalue weighted by Gasteiger charge is -2.29. The van der Waals surface area contributed by atoms with Gasteiger partial charge in [0.1, 0.15) is 22.9 Å². The standard InChI is InChI=1S/C12H13N3O3S/c13-6-11-3-4-12(7-14-11)19(17,18)15-5-1-2-10(8-15)9-16/h3-4,7,9-10H,1-2,5,8H2. The van der Waals surface area contributed by atoms with Crippen molar-refractivity contribution in [2.75, 3.05) is 13.1 Å². The minimum absolute atomic E-state index is 0.0537. The van der Waals surface area contributed by atoms with Gasteiger partial charge in [-0.2, -0.15) is 9.57 Å². The van der Waals surface area contributed by atoms with E-state index in [1.165, 1.54) is 22.6 Å². The molecule has 1 aliphatic rings. The van der Waals surface area contributed by atoms with Crippen LogP contribution in [0.25, 0.3) is 0 Å². The fourth-order valence-electron chi connectivity index (χ4n) is 2.05. The van der Waals surface area contributed by atoms with Gasteiger partial charge in [0.15, 0.2) is 0 Å². The Morgan fingerprint density at radius 3 is 2.84 bits per heavy atom. The summed E-state index contributed by atoms with van der Waals surface area (Å²) >= 11 is 0. The summed E-state index contributed by atoms with van der Waals surface area (Å²) in [6.45, 7) is 0.624. The quantitative estimate of drug-likeness (QED) is 0.754. The van der Waals surface area contributed by atoms with Crippen LogP contribution in [0.2, 0.25) is 0 Å². The van der Waals surface area contributed by atoms with Gasteiger partial charge in [-0.25, -0.2) is 13.4 Å². The number of rotatable bonds is 3. The van der Waals surface area contributed by atoms with Crippen molar-refractivity contribution in [3.8, 4) is 6.07 Å². The Kier molecular flexibility index (Phi) is 3.93. The normalized spacial score (nSPS) is 20.7. The highest BCUT2D eigenvalue weighted by atomic mass is 32.2. The predicted octanol–water partition coefficient (Wildman–Crippen LogP) is 0.553. The summed E-state index contributed by atoms with van der Waals surface area (Å²) in [7, 11) is -3.63. The molecule has 1 aromatic heterocycles. The van der Waals surface area contributed by atoms with E-state index >= 15 is 0 Å². The molecule has 1 unspecified atom stereocenters. The van der Waals surface area contributed by atoms with Crippen molar-refractivity contribution in [2.45, 2.75) is 17.7 Å². The number of piperidine rings is 1. The predicted molar refractivity (Wildman–Crippen MR) is 66.5 cm³/mol. The average Bonchev–Trinajstić information content (AvgIpc) is 2.47. The number of nitriles is 1. The van der Waals surface area contributed by atoms with Crippen LogP contribution < -0.4 is 0 Å². The first-order valence-corrected chi connectivity index (χ1v) is 7.33. The maximum Gasteiger partial charge on any atom is 0.244 e. The van der Waals surface area contributed by atoms with Crippen LogP contribution in [0.1, 0.15) is 18.5 Å². The number of hydrogen-bond acceptors (Lipinski definition) is 5. The second-order valence-electron chi connectivity index (χ2n) is 4.39. The van der Waals surface area contributed by atoms with Gasteiger partial charge in [-0.1, -0.05) is 0 Å². The third-order valence-electron chi connectivity index (χ3n) is 3.10. The Balaban J connectivity index is 2.26. The largest absolute Gasteiger partial charge is 0.303 e. The molecular weight excluding hydrogens is 266 g/mol. The second-order valence-corrected chi connectivity index (χ2v) is 6.33. The molecular formula is C12H13N3O3S. The van der Waals surface area contributed by atoms with Crippen LogP contribution in [0.3, 0.4) is 0 Å². The number of sulfonamides is 1. The molecule has 0 aromatic carbocycles. The number of aldehydes is 1. The van der Waals surface area contributed by atoms with Crippen LogP contribution in [-0.2, 0) is 14.8 Å². The van der Waals surface area contributed by atoms with Gasteiger partial charge >= 0.3 is 0 Å². The highest BCUT2D eigenvalue weighted by molar-refractivity contribution is 7.89. The van der Waals surface area contributed by atoms with Gasteiger partial charge in [0, 0.05) is 25.2 Å². The number of pyridine rings is 1. The van der Waals surface area contributed by atoms with Crippen molar-refractivity contribution in [3.63, 3.8) is 0 Å². The van der Waals surface area contributed by atoms with E-state index < -0.39 is 10.0 Å². The number of carbonyl (C=O) groups excluding carboxylic acids is 1. The highest BCUT2D eigenvalue weighted by Gasteiger charge is 2.30. The molecule has 0 aliphatic carbocycles. The third kappa shape index (κ3) is 2.80. The fraction of sp³-hybridized carbons (Fsp3) is 0.417. The first-order valence-electron chi connectivity index (χ1n) is 5.89. The van der Waals surface area contributed by atoms with Gasteiger partial charge in [0.2, 0.25) is 10.0 Å². The molecule has 2 heterocycles. The maximum absolute atomic E-state index is 12.3. The summed E-state index contributed by atoms with van der Waals surface area (Å²) in [5, 5.41) is 8.64. The summed E-state index contributed by atoms with van der Waals surface area (Å²) in [6.07, 6.45) is 3.38. The molecule has 2 rings (SSSR count). The van der Waals surface area contributed by atoms with Crippen LogP contribution in [0.4, 0.5) is 0 Å². The first kappa shape index (κ1) is 13.6. The minimum Gasteiger partial charge on any atom is -0.303 e. The van der Waals surface area contributed by atoms with Crippen LogP contribution in [0.15, 0.2) is 23.2 Å². The Bertz CT molecular complexity index is 604. The number of nitrogens with zero attached hydrogens (tertiary/aromatic N) is 3. The van der Waals surface area contributed by atoms with Crippen molar-refractivity contribution < 1.29 is 13.2 Å². The van der Waals surface area contributed by atoms with E-state index in [0.29, 0.717) is 13.0 Å². The Labute approximate surface area is 111 Å². The lowest BCUT2D eigenvalue weighted by atomic mass is 10.0. The van der Waals surface area contributed by atoms with E-state index in [0.717, 1.165) is 12.7 Å². The zero-order chi connectivity index (χ0) is 13.9. The molecule has 0 saturated carbocycles. The molecule has 6 nitrogen and oxygen atoms in total. The van der Waals surface area contributed by atoms with Gasteiger partial charge < -0.3 is 4.79 Å². The SMILES string of the molecule is N#Cc1ccc(S(=O)(=O)N2CCCC(C=O)C2)cn1. The van der Waals surface area contributed by atoms with Crippen LogP contribution in [0, 0.1) is 17.2 Å².